The van der Waals surface area contributed by atoms with Crippen molar-refractivity contribution in [2.24, 2.45) is 16.3 Å². The molecule has 0 radical (unpaired) electrons. The SMILES string of the molecule is COC1=NC(C)=C[C@@H]2C=CC[C@]12C. The van der Waals surface area contributed by atoms with E-state index in [1.165, 1.54) is 0 Å². The predicted molar refractivity (Wildman–Crippen MR) is 53.6 cm³/mol. The largest absolute Gasteiger partial charge is 0.484 e. The molecule has 0 bridgehead atoms. The van der Waals surface area contributed by atoms with Gasteiger partial charge < -0.3 is 4.74 Å². The number of fused-ring (bicyclic) bond motifs is 1. The number of ether oxygens (including phenoxy) is 1. The Balaban J connectivity index is 2.41. The van der Waals surface area contributed by atoms with Crippen molar-refractivity contribution < 1.29 is 4.74 Å². The normalized spacial score (nSPS) is 36.7. The van der Waals surface area contributed by atoms with E-state index in [-0.39, 0.29) is 5.41 Å². The molecule has 0 fully saturated rings. The van der Waals surface area contributed by atoms with Gasteiger partial charge in [0.2, 0.25) is 0 Å². The standard InChI is InChI=1S/C11H15NO/c1-8-7-9-5-4-6-11(9,2)10(12-8)13-3/h4-5,7,9H,6H2,1-3H3/t9-,11-/m0/s1. The minimum absolute atomic E-state index is 0.0776. The van der Waals surface area contributed by atoms with E-state index < -0.39 is 0 Å². The Morgan fingerprint density at radius 3 is 3.08 bits per heavy atom. The highest BCUT2D eigenvalue weighted by Gasteiger charge is 2.42. The summed E-state index contributed by atoms with van der Waals surface area (Å²) < 4.78 is 5.35. The van der Waals surface area contributed by atoms with Crippen LogP contribution in [0, 0.1) is 11.3 Å². The molecule has 2 aliphatic rings. The summed E-state index contributed by atoms with van der Waals surface area (Å²) in [7, 11) is 1.71. The van der Waals surface area contributed by atoms with E-state index in [1.807, 2.05) is 6.92 Å². The maximum atomic E-state index is 5.35. The van der Waals surface area contributed by atoms with Crippen molar-refractivity contribution in [3.8, 4) is 0 Å². The van der Waals surface area contributed by atoms with Gasteiger partial charge in [0.25, 0.3) is 0 Å². The summed E-state index contributed by atoms with van der Waals surface area (Å²) >= 11 is 0. The topological polar surface area (TPSA) is 21.6 Å². The smallest absolute Gasteiger partial charge is 0.195 e. The molecule has 0 spiro atoms. The first-order chi connectivity index (χ1) is 6.16. The Morgan fingerprint density at radius 1 is 1.62 bits per heavy atom. The zero-order valence-electron chi connectivity index (χ0n) is 8.37. The van der Waals surface area contributed by atoms with Crippen molar-refractivity contribution in [3.05, 3.63) is 23.9 Å². The lowest BCUT2D eigenvalue weighted by Gasteiger charge is -2.33. The second-order valence-electron chi connectivity index (χ2n) is 4.00. The van der Waals surface area contributed by atoms with E-state index in [2.05, 4.69) is 30.1 Å². The fraction of sp³-hybridized carbons (Fsp3) is 0.545. The number of nitrogens with zero attached hydrogens (tertiary/aromatic N) is 1. The molecule has 2 rings (SSSR count). The summed E-state index contributed by atoms with van der Waals surface area (Å²) in [4.78, 5) is 4.43. The number of methoxy groups -OCH3 is 1. The molecule has 1 aliphatic heterocycles. The Bertz CT molecular complexity index is 314. The second-order valence-corrected chi connectivity index (χ2v) is 4.00. The average molecular weight is 177 g/mol. The van der Waals surface area contributed by atoms with Crippen LogP contribution in [0.25, 0.3) is 0 Å². The molecular formula is C11H15NO. The van der Waals surface area contributed by atoms with Gasteiger partial charge in [0.1, 0.15) is 0 Å². The summed E-state index contributed by atoms with van der Waals surface area (Å²) in [6.07, 6.45) is 7.71. The Kier molecular flexibility index (Phi) is 1.79. The Morgan fingerprint density at radius 2 is 2.38 bits per heavy atom. The third-order valence-electron chi connectivity index (χ3n) is 3.00. The molecule has 0 N–H and O–H groups in total. The lowest BCUT2D eigenvalue weighted by molar-refractivity contribution is 0.285. The molecule has 0 aromatic heterocycles. The highest BCUT2D eigenvalue weighted by Crippen LogP contribution is 2.43. The summed E-state index contributed by atoms with van der Waals surface area (Å²) in [5.74, 6) is 1.35. The van der Waals surface area contributed by atoms with Crippen LogP contribution in [-0.2, 0) is 4.74 Å². The molecule has 0 aromatic carbocycles. The van der Waals surface area contributed by atoms with Crippen LogP contribution < -0.4 is 0 Å². The average Bonchev–Trinajstić information content (AvgIpc) is 2.46. The van der Waals surface area contributed by atoms with Crippen LogP contribution in [0.1, 0.15) is 20.3 Å². The second kappa shape index (κ2) is 2.72. The first-order valence-electron chi connectivity index (χ1n) is 4.65. The van der Waals surface area contributed by atoms with Gasteiger partial charge in [0, 0.05) is 11.6 Å². The van der Waals surface area contributed by atoms with Crippen molar-refractivity contribution >= 4 is 5.90 Å². The monoisotopic (exact) mass is 177 g/mol. The van der Waals surface area contributed by atoms with Gasteiger partial charge in [-0.05, 0) is 20.3 Å². The lowest BCUT2D eigenvalue weighted by atomic mass is 9.77. The number of rotatable bonds is 0. The van der Waals surface area contributed by atoms with Gasteiger partial charge in [0.05, 0.1) is 12.5 Å². The van der Waals surface area contributed by atoms with Crippen molar-refractivity contribution in [2.75, 3.05) is 7.11 Å². The quantitative estimate of drug-likeness (QED) is 0.521. The zero-order chi connectivity index (χ0) is 9.47. The molecule has 0 unspecified atom stereocenters. The summed E-state index contributed by atoms with van der Waals surface area (Å²) in [5.41, 5.74) is 1.14. The summed E-state index contributed by atoms with van der Waals surface area (Å²) in [5, 5.41) is 0. The number of hydrogen-bond acceptors (Lipinski definition) is 2. The maximum absolute atomic E-state index is 5.35. The molecule has 1 heterocycles. The van der Waals surface area contributed by atoms with Crippen LogP contribution >= 0.6 is 0 Å². The van der Waals surface area contributed by atoms with E-state index in [1.54, 1.807) is 7.11 Å². The van der Waals surface area contributed by atoms with Crippen LogP contribution in [-0.4, -0.2) is 13.0 Å². The zero-order valence-corrected chi connectivity index (χ0v) is 8.37. The fourth-order valence-corrected chi connectivity index (χ4v) is 2.14. The molecule has 0 saturated heterocycles. The Labute approximate surface area is 79.0 Å². The molecule has 2 atom stereocenters. The van der Waals surface area contributed by atoms with Gasteiger partial charge >= 0.3 is 0 Å². The maximum Gasteiger partial charge on any atom is 0.195 e. The molecule has 0 saturated carbocycles. The van der Waals surface area contributed by atoms with Gasteiger partial charge in [-0.2, -0.15) is 0 Å². The van der Waals surface area contributed by atoms with E-state index in [4.69, 9.17) is 4.74 Å². The van der Waals surface area contributed by atoms with Crippen LogP contribution in [0.2, 0.25) is 0 Å². The van der Waals surface area contributed by atoms with Gasteiger partial charge in [-0.25, -0.2) is 4.99 Å². The van der Waals surface area contributed by atoms with Crippen LogP contribution in [0.4, 0.5) is 0 Å². The fourth-order valence-electron chi connectivity index (χ4n) is 2.14. The van der Waals surface area contributed by atoms with Crippen LogP contribution in [0.3, 0.4) is 0 Å². The molecular weight excluding hydrogens is 162 g/mol. The van der Waals surface area contributed by atoms with Gasteiger partial charge in [-0.3, -0.25) is 0 Å². The molecule has 1 aliphatic carbocycles. The van der Waals surface area contributed by atoms with Crippen molar-refractivity contribution in [3.63, 3.8) is 0 Å². The molecule has 0 aromatic rings. The van der Waals surface area contributed by atoms with Crippen molar-refractivity contribution in [1.82, 2.24) is 0 Å². The first kappa shape index (κ1) is 8.54. The van der Waals surface area contributed by atoms with Gasteiger partial charge in [0.15, 0.2) is 5.90 Å². The van der Waals surface area contributed by atoms with Crippen molar-refractivity contribution in [2.45, 2.75) is 20.3 Å². The first-order valence-corrected chi connectivity index (χ1v) is 4.65. The van der Waals surface area contributed by atoms with Gasteiger partial charge in [-0.15, -0.1) is 0 Å². The molecule has 13 heavy (non-hydrogen) atoms. The van der Waals surface area contributed by atoms with Gasteiger partial charge in [-0.1, -0.05) is 18.2 Å². The van der Waals surface area contributed by atoms with E-state index in [0.29, 0.717) is 5.92 Å². The van der Waals surface area contributed by atoms with E-state index in [0.717, 1.165) is 18.0 Å². The Hall–Kier alpha value is -1.05. The molecule has 70 valence electrons. The van der Waals surface area contributed by atoms with E-state index in [9.17, 15) is 0 Å². The van der Waals surface area contributed by atoms with Crippen molar-refractivity contribution in [1.29, 1.82) is 0 Å². The highest BCUT2D eigenvalue weighted by molar-refractivity contribution is 5.86. The predicted octanol–water partition coefficient (Wildman–Crippen LogP) is 2.53. The van der Waals surface area contributed by atoms with Crippen LogP contribution in [0.15, 0.2) is 28.9 Å². The number of hydrogen-bond donors (Lipinski definition) is 0. The molecule has 0 amide bonds. The molecule has 2 heteroatoms. The number of allylic oxidation sites excluding steroid dienone is 4. The highest BCUT2D eigenvalue weighted by atomic mass is 16.5. The summed E-state index contributed by atoms with van der Waals surface area (Å²) in [6, 6.07) is 0. The minimum Gasteiger partial charge on any atom is -0.484 e. The minimum atomic E-state index is 0.0776. The lowest BCUT2D eigenvalue weighted by Crippen LogP contribution is -2.34. The number of aliphatic imine (C=N–C) groups is 1. The third-order valence-corrected chi connectivity index (χ3v) is 3.00. The summed E-state index contributed by atoms with van der Waals surface area (Å²) in [6.45, 7) is 4.23. The van der Waals surface area contributed by atoms with E-state index >= 15 is 0 Å². The van der Waals surface area contributed by atoms with Crippen LogP contribution in [0.5, 0.6) is 0 Å². The molecule has 2 nitrogen and oxygen atoms in total. The third kappa shape index (κ3) is 1.12.